The number of aryl methyl sites for hydroxylation is 1. The number of likely N-dealkylation sites (N-methyl/N-ethyl adjacent to an activating group) is 1. The number of hydrogen-bond donors (Lipinski definition) is 2. The summed E-state index contributed by atoms with van der Waals surface area (Å²) in [5, 5.41) is 10.2. The van der Waals surface area contributed by atoms with Crippen molar-refractivity contribution in [3.05, 3.63) is 41.9 Å². The van der Waals surface area contributed by atoms with Gasteiger partial charge in [0.2, 0.25) is 0 Å². The number of urea groups is 1. The van der Waals surface area contributed by atoms with Crippen molar-refractivity contribution in [1.82, 2.24) is 25.0 Å². The molecule has 7 heteroatoms. The summed E-state index contributed by atoms with van der Waals surface area (Å²) in [4.78, 5) is 18.9. The summed E-state index contributed by atoms with van der Waals surface area (Å²) in [6.07, 6.45) is 3.62. The number of rotatable bonds is 7. The van der Waals surface area contributed by atoms with Gasteiger partial charge in [-0.25, -0.2) is 4.79 Å². The fraction of sp³-hybridized carbons (Fsp3) is 0.500. The van der Waals surface area contributed by atoms with Crippen LogP contribution in [0.5, 0.6) is 0 Å². The monoisotopic (exact) mass is 344 g/mol. The summed E-state index contributed by atoms with van der Waals surface area (Å²) in [7, 11) is 4.03. The third-order valence-corrected chi connectivity index (χ3v) is 3.96. The molecule has 7 nitrogen and oxygen atoms in total. The number of amides is 2. The van der Waals surface area contributed by atoms with Crippen molar-refractivity contribution in [3.63, 3.8) is 0 Å². The lowest BCUT2D eigenvalue weighted by molar-refractivity contribution is 0.244. The van der Waals surface area contributed by atoms with E-state index in [9.17, 15) is 4.79 Å². The van der Waals surface area contributed by atoms with E-state index in [-0.39, 0.29) is 18.0 Å². The Morgan fingerprint density at radius 2 is 2.08 bits per heavy atom. The van der Waals surface area contributed by atoms with Crippen molar-refractivity contribution in [2.75, 3.05) is 26.0 Å². The Morgan fingerprint density at radius 1 is 1.32 bits per heavy atom. The molecule has 2 N–H and O–H groups in total. The average molecular weight is 344 g/mol. The molecule has 1 atom stereocenters. The summed E-state index contributed by atoms with van der Waals surface area (Å²) in [5.41, 5.74) is 1.96. The van der Waals surface area contributed by atoms with Crippen molar-refractivity contribution in [2.45, 2.75) is 33.4 Å². The second-order valence-corrected chi connectivity index (χ2v) is 6.79. The molecule has 2 heterocycles. The van der Waals surface area contributed by atoms with Gasteiger partial charge in [-0.1, -0.05) is 19.9 Å². The van der Waals surface area contributed by atoms with Crippen LogP contribution < -0.4 is 10.6 Å². The summed E-state index contributed by atoms with van der Waals surface area (Å²) in [5.74, 6) is 0.758. The molecular weight excluding hydrogens is 316 g/mol. The number of anilines is 1. The Balaban J connectivity index is 1.99. The highest BCUT2D eigenvalue weighted by Gasteiger charge is 2.21. The standard InChI is InChI=1S/C18H28N6O/c1-13(2)16(17-14(3)7-6-9-19-17)21-18(25)20-15-8-10-24(22-15)12-11-23(4)5/h6-10,13,16H,11-12H2,1-5H3,(H2,20,21,22,25)/t16-/m0/s1. The lowest BCUT2D eigenvalue weighted by Crippen LogP contribution is -2.36. The lowest BCUT2D eigenvalue weighted by Gasteiger charge is -2.23. The van der Waals surface area contributed by atoms with E-state index in [0.29, 0.717) is 5.82 Å². The van der Waals surface area contributed by atoms with E-state index in [2.05, 4.69) is 39.5 Å². The minimum Gasteiger partial charge on any atom is -0.329 e. The Labute approximate surface area is 149 Å². The zero-order chi connectivity index (χ0) is 18.4. The smallest absolute Gasteiger partial charge is 0.320 e. The first-order valence-electron chi connectivity index (χ1n) is 8.54. The van der Waals surface area contributed by atoms with Gasteiger partial charge in [0, 0.05) is 25.0 Å². The van der Waals surface area contributed by atoms with Gasteiger partial charge in [0.15, 0.2) is 5.82 Å². The molecule has 136 valence electrons. The minimum atomic E-state index is -0.276. The van der Waals surface area contributed by atoms with E-state index >= 15 is 0 Å². The number of pyridine rings is 1. The summed E-state index contributed by atoms with van der Waals surface area (Å²) in [6, 6.07) is 5.27. The molecule has 0 fully saturated rings. The Hall–Kier alpha value is -2.41. The second kappa shape index (κ2) is 8.62. The van der Waals surface area contributed by atoms with E-state index in [0.717, 1.165) is 24.3 Å². The first-order valence-corrected chi connectivity index (χ1v) is 8.54. The molecule has 0 saturated carbocycles. The van der Waals surface area contributed by atoms with Crippen LogP contribution in [0.15, 0.2) is 30.6 Å². The number of nitrogens with one attached hydrogen (secondary N) is 2. The van der Waals surface area contributed by atoms with E-state index in [1.165, 1.54) is 0 Å². The minimum absolute atomic E-state index is 0.156. The van der Waals surface area contributed by atoms with Crippen LogP contribution in [0.2, 0.25) is 0 Å². The van der Waals surface area contributed by atoms with Crippen molar-refractivity contribution >= 4 is 11.8 Å². The molecule has 2 rings (SSSR count). The maximum absolute atomic E-state index is 12.4. The molecular formula is C18H28N6O. The second-order valence-electron chi connectivity index (χ2n) is 6.79. The largest absolute Gasteiger partial charge is 0.329 e. The topological polar surface area (TPSA) is 75.1 Å². The normalized spacial score (nSPS) is 12.4. The van der Waals surface area contributed by atoms with E-state index in [4.69, 9.17) is 0 Å². The van der Waals surface area contributed by atoms with Gasteiger partial charge in [-0.15, -0.1) is 0 Å². The van der Waals surface area contributed by atoms with Gasteiger partial charge in [0.25, 0.3) is 0 Å². The molecule has 2 aromatic rings. The van der Waals surface area contributed by atoms with Crippen molar-refractivity contribution < 1.29 is 4.79 Å². The highest BCUT2D eigenvalue weighted by molar-refractivity contribution is 5.88. The van der Waals surface area contributed by atoms with Crippen molar-refractivity contribution in [3.8, 4) is 0 Å². The van der Waals surface area contributed by atoms with Crippen LogP contribution in [-0.4, -0.2) is 46.3 Å². The molecule has 0 aromatic carbocycles. The number of carbonyl (C=O) groups excluding carboxylic acids is 1. The molecule has 0 bridgehead atoms. The zero-order valence-electron chi connectivity index (χ0n) is 15.7. The molecule has 2 aromatic heterocycles. The molecule has 0 aliphatic carbocycles. The van der Waals surface area contributed by atoms with Crippen LogP contribution in [0.1, 0.15) is 31.1 Å². The van der Waals surface area contributed by atoms with Gasteiger partial charge in [0.05, 0.1) is 18.3 Å². The van der Waals surface area contributed by atoms with Gasteiger partial charge in [-0.2, -0.15) is 5.10 Å². The fourth-order valence-corrected chi connectivity index (χ4v) is 2.52. The predicted molar refractivity (Wildman–Crippen MR) is 99.5 cm³/mol. The summed E-state index contributed by atoms with van der Waals surface area (Å²) < 4.78 is 1.82. The summed E-state index contributed by atoms with van der Waals surface area (Å²) >= 11 is 0. The molecule has 25 heavy (non-hydrogen) atoms. The van der Waals surface area contributed by atoms with Gasteiger partial charge in [-0.3, -0.25) is 15.0 Å². The molecule has 2 amide bonds. The number of nitrogens with zero attached hydrogens (tertiary/aromatic N) is 4. The Morgan fingerprint density at radius 3 is 2.72 bits per heavy atom. The molecule has 0 radical (unpaired) electrons. The van der Waals surface area contributed by atoms with Gasteiger partial charge < -0.3 is 10.2 Å². The Kier molecular flexibility index (Phi) is 6.52. The SMILES string of the molecule is Cc1cccnc1[C@@H](NC(=O)Nc1ccn(CCN(C)C)n1)C(C)C. The number of carbonyl (C=O) groups is 1. The van der Waals surface area contributed by atoms with Crippen LogP contribution in [0.25, 0.3) is 0 Å². The third kappa shape index (κ3) is 5.56. The van der Waals surface area contributed by atoms with Gasteiger partial charge >= 0.3 is 6.03 Å². The van der Waals surface area contributed by atoms with Crippen LogP contribution in [0, 0.1) is 12.8 Å². The highest BCUT2D eigenvalue weighted by Crippen LogP contribution is 2.22. The highest BCUT2D eigenvalue weighted by atomic mass is 16.2. The van der Waals surface area contributed by atoms with Crippen molar-refractivity contribution in [1.29, 1.82) is 0 Å². The number of aromatic nitrogens is 3. The third-order valence-electron chi connectivity index (χ3n) is 3.96. The Bertz CT molecular complexity index is 694. The first kappa shape index (κ1) is 18.9. The van der Waals surface area contributed by atoms with Crippen molar-refractivity contribution in [2.24, 2.45) is 5.92 Å². The zero-order valence-corrected chi connectivity index (χ0v) is 15.7. The molecule has 0 spiro atoms. The first-order chi connectivity index (χ1) is 11.9. The maximum atomic E-state index is 12.4. The molecule has 0 unspecified atom stereocenters. The van der Waals surface area contributed by atoms with Crippen LogP contribution in [0.3, 0.4) is 0 Å². The predicted octanol–water partition coefficient (Wildman–Crippen LogP) is 2.67. The molecule has 0 aliphatic heterocycles. The van der Waals surface area contributed by atoms with E-state index in [1.807, 2.05) is 44.0 Å². The molecule has 0 aliphatic rings. The summed E-state index contributed by atoms with van der Waals surface area (Å²) in [6.45, 7) is 7.80. The maximum Gasteiger partial charge on any atom is 0.320 e. The van der Waals surface area contributed by atoms with Gasteiger partial charge in [-0.05, 0) is 38.6 Å². The van der Waals surface area contributed by atoms with E-state index < -0.39 is 0 Å². The van der Waals surface area contributed by atoms with E-state index in [1.54, 1.807) is 12.3 Å². The fourth-order valence-electron chi connectivity index (χ4n) is 2.52. The quantitative estimate of drug-likeness (QED) is 0.810. The van der Waals surface area contributed by atoms with Gasteiger partial charge in [0.1, 0.15) is 0 Å². The number of hydrogen-bond acceptors (Lipinski definition) is 4. The molecule has 0 saturated heterocycles. The van der Waals surface area contributed by atoms with Crippen LogP contribution in [0.4, 0.5) is 10.6 Å². The van der Waals surface area contributed by atoms with Crippen LogP contribution >= 0.6 is 0 Å². The lowest BCUT2D eigenvalue weighted by atomic mass is 9.97. The van der Waals surface area contributed by atoms with Crippen LogP contribution in [-0.2, 0) is 6.54 Å². The average Bonchev–Trinajstić information content (AvgIpc) is 2.98.